The van der Waals surface area contributed by atoms with Gasteiger partial charge >= 0.3 is 0 Å². The molecular formula is C13H21N3. The quantitative estimate of drug-likeness (QED) is 0.849. The number of aromatic nitrogens is 2. The van der Waals surface area contributed by atoms with E-state index in [1.54, 1.807) is 0 Å². The largest absolute Gasteiger partial charge is 0.369 e. The maximum atomic E-state index is 4.43. The van der Waals surface area contributed by atoms with Crippen LogP contribution in [-0.4, -0.2) is 16.7 Å². The van der Waals surface area contributed by atoms with Crippen LogP contribution in [-0.2, 0) is 6.42 Å². The molecule has 1 aliphatic carbocycles. The second-order valence-corrected chi connectivity index (χ2v) is 4.91. The van der Waals surface area contributed by atoms with Crippen molar-refractivity contribution in [2.24, 2.45) is 5.92 Å². The van der Waals surface area contributed by atoms with Gasteiger partial charge in [-0.2, -0.15) is 5.10 Å². The molecule has 0 saturated carbocycles. The third kappa shape index (κ3) is 2.18. The van der Waals surface area contributed by atoms with Gasteiger partial charge in [-0.1, -0.05) is 13.8 Å². The highest BCUT2D eigenvalue weighted by Crippen LogP contribution is 2.35. The normalized spacial score (nSPS) is 19.6. The number of hydrogen-bond acceptors (Lipinski definition) is 3. The molecule has 0 amide bonds. The Labute approximate surface area is 97.7 Å². The SMILES string of the molecule is CCNc1cc2c(nn1)C(C(C)C)CCC2. The summed E-state index contributed by atoms with van der Waals surface area (Å²) in [7, 11) is 0. The molecule has 1 N–H and O–H groups in total. The van der Waals surface area contributed by atoms with Crippen LogP contribution in [0.4, 0.5) is 5.82 Å². The molecular weight excluding hydrogens is 198 g/mol. The summed E-state index contributed by atoms with van der Waals surface area (Å²) in [6.07, 6.45) is 3.71. The van der Waals surface area contributed by atoms with E-state index in [0.717, 1.165) is 18.8 Å². The average Bonchev–Trinajstić information content (AvgIpc) is 2.28. The molecule has 0 radical (unpaired) electrons. The Bertz CT molecular complexity index is 360. The van der Waals surface area contributed by atoms with Gasteiger partial charge in [0.1, 0.15) is 5.82 Å². The van der Waals surface area contributed by atoms with E-state index in [-0.39, 0.29) is 0 Å². The van der Waals surface area contributed by atoms with Crippen LogP contribution in [0.15, 0.2) is 6.07 Å². The van der Waals surface area contributed by atoms with E-state index < -0.39 is 0 Å². The van der Waals surface area contributed by atoms with Gasteiger partial charge in [-0.15, -0.1) is 5.10 Å². The van der Waals surface area contributed by atoms with Crippen LogP contribution < -0.4 is 5.32 Å². The highest BCUT2D eigenvalue weighted by atomic mass is 15.2. The summed E-state index contributed by atoms with van der Waals surface area (Å²) in [6.45, 7) is 7.54. The first-order chi connectivity index (χ1) is 7.72. The molecule has 3 heteroatoms. The van der Waals surface area contributed by atoms with Gasteiger partial charge in [-0.25, -0.2) is 0 Å². The molecule has 1 unspecified atom stereocenters. The Morgan fingerprint density at radius 3 is 2.94 bits per heavy atom. The van der Waals surface area contributed by atoms with Gasteiger partial charge in [0.25, 0.3) is 0 Å². The highest BCUT2D eigenvalue weighted by Gasteiger charge is 2.25. The van der Waals surface area contributed by atoms with E-state index in [1.165, 1.54) is 24.1 Å². The molecule has 2 rings (SSSR count). The number of hydrogen-bond donors (Lipinski definition) is 1. The second kappa shape index (κ2) is 4.81. The number of anilines is 1. The van der Waals surface area contributed by atoms with Crippen molar-refractivity contribution in [2.75, 3.05) is 11.9 Å². The van der Waals surface area contributed by atoms with Crippen LogP contribution in [0.1, 0.15) is 50.8 Å². The second-order valence-electron chi connectivity index (χ2n) is 4.91. The van der Waals surface area contributed by atoms with E-state index in [1.807, 2.05) is 0 Å². The summed E-state index contributed by atoms with van der Waals surface area (Å²) in [5, 5.41) is 11.9. The first-order valence-corrected chi connectivity index (χ1v) is 6.32. The zero-order valence-electron chi connectivity index (χ0n) is 10.5. The lowest BCUT2D eigenvalue weighted by Crippen LogP contribution is -2.18. The van der Waals surface area contributed by atoms with Gasteiger partial charge in [-0.3, -0.25) is 0 Å². The minimum absolute atomic E-state index is 0.604. The van der Waals surface area contributed by atoms with Crippen LogP contribution in [0.25, 0.3) is 0 Å². The molecule has 0 fully saturated rings. The van der Waals surface area contributed by atoms with Crippen molar-refractivity contribution in [3.63, 3.8) is 0 Å². The molecule has 0 bridgehead atoms. The molecule has 0 aromatic carbocycles. The van der Waals surface area contributed by atoms with E-state index in [9.17, 15) is 0 Å². The van der Waals surface area contributed by atoms with Crippen molar-refractivity contribution >= 4 is 5.82 Å². The highest BCUT2D eigenvalue weighted by molar-refractivity contribution is 5.40. The summed E-state index contributed by atoms with van der Waals surface area (Å²) in [4.78, 5) is 0. The Kier molecular flexibility index (Phi) is 3.42. The lowest BCUT2D eigenvalue weighted by Gasteiger charge is -2.26. The Hall–Kier alpha value is -1.12. The number of aryl methyl sites for hydroxylation is 1. The summed E-state index contributed by atoms with van der Waals surface area (Å²) >= 11 is 0. The number of nitrogens with zero attached hydrogens (tertiary/aromatic N) is 2. The molecule has 3 nitrogen and oxygen atoms in total. The smallest absolute Gasteiger partial charge is 0.148 e. The summed E-state index contributed by atoms with van der Waals surface area (Å²) in [5.74, 6) is 2.19. The Morgan fingerprint density at radius 2 is 2.25 bits per heavy atom. The lowest BCUT2D eigenvalue weighted by atomic mass is 9.80. The van der Waals surface area contributed by atoms with E-state index in [0.29, 0.717) is 11.8 Å². The first-order valence-electron chi connectivity index (χ1n) is 6.32. The zero-order chi connectivity index (χ0) is 11.5. The van der Waals surface area contributed by atoms with Gasteiger partial charge in [0, 0.05) is 12.5 Å². The summed E-state index contributed by atoms with van der Waals surface area (Å²) < 4.78 is 0. The van der Waals surface area contributed by atoms with Gasteiger partial charge in [0.15, 0.2) is 0 Å². The number of nitrogens with one attached hydrogen (secondary N) is 1. The maximum Gasteiger partial charge on any atom is 0.148 e. The van der Waals surface area contributed by atoms with Crippen LogP contribution in [0.3, 0.4) is 0 Å². The van der Waals surface area contributed by atoms with Crippen LogP contribution >= 0.6 is 0 Å². The van der Waals surface area contributed by atoms with Crippen molar-refractivity contribution < 1.29 is 0 Å². The standard InChI is InChI=1S/C13H21N3/c1-4-14-12-8-10-6-5-7-11(9(2)3)13(10)16-15-12/h8-9,11H,4-7H2,1-3H3,(H,14,15). The monoisotopic (exact) mass is 219 g/mol. The van der Waals surface area contributed by atoms with Crippen molar-refractivity contribution in [2.45, 2.75) is 46.0 Å². The molecule has 0 spiro atoms. The number of rotatable bonds is 3. The predicted molar refractivity (Wildman–Crippen MR) is 66.7 cm³/mol. The fourth-order valence-electron chi connectivity index (χ4n) is 2.52. The van der Waals surface area contributed by atoms with Crippen LogP contribution in [0, 0.1) is 5.92 Å². The van der Waals surface area contributed by atoms with Gasteiger partial charge in [0.2, 0.25) is 0 Å². The van der Waals surface area contributed by atoms with Gasteiger partial charge in [0.05, 0.1) is 5.69 Å². The van der Waals surface area contributed by atoms with Crippen molar-refractivity contribution in [3.05, 3.63) is 17.3 Å². The summed E-state index contributed by atoms with van der Waals surface area (Å²) in [6, 6.07) is 2.18. The van der Waals surface area contributed by atoms with E-state index in [2.05, 4.69) is 42.4 Å². The summed E-state index contributed by atoms with van der Waals surface area (Å²) in [5.41, 5.74) is 2.64. The predicted octanol–water partition coefficient (Wildman–Crippen LogP) is 2.98. The minimum Gasteiger partial charge on any atom is -0.369 e. The van der Waals surface area contributed by atoms with Crippen LogP contribution in [0.2, 0.25) is 0 Å². The van der Waals surface area contributed by atoms with Crippen molar-refractivity contribution in [1.29, 1.82) is 0 Å². The average molecular weight is 219 g/mol. The molecule has 1 aromatic heterocycles. The molecule has 1 aromatic rings. The maximum absolute atomic E-state index is 4.43. The van der Waals surface area contributed by atoms with Crippen molar-refractivity contribution in [3.8, 4) is 0 Å². The fourth-order valence-corrected chi connectivity index (χ4v) is 2.52. The molecule has 16 heavy (non-hydrogen) atoms. The van der Waals surface area contributed by atoms with E-state index in [4.69, 9.17) is 0 Å². The molecule has 1 aliphatic rings. The van der Waals surface area contributed by atoms with Crippen LogP contribution in [0.5, 0.6) is 0 Å². The van der Waals surface area contributed by atoms with Crippen molar-refractivity contribution in [1.82, 2.24) is 10.2 Å². The third-order valence-electron chi connectivity index (χ3n) is 3.38. The molecule has 0 aliphatic heterocycles. The zero-order valence-corrected chi connectivity index (χ0v) is 10.5. The van der Waals surface area contributed by atoms with Gasteiger partial charge in [-0.05, 0) is 43.7 Å². The Balaban J connectivity index is 2.29. The lowest BCUT2D eigenvalue weighted by molar-refractivity contribution is 0.419. The first kappa shape index (κ1) is 11.4. The molecule has 1 atom stereocenters. The van der Waals surface area contributed by atoms with Gasteiger partial charge < -0.3 is 5.32 Å². The fraction of sp³-hybridized carbons (Fsp3) is 0.692. The molecule has 1 heterocycles. The molecule has 88 valence electrons. The third-order valence-corrected chi connectivity index (χ3v) is 3.38. The molecule has 0 saturated heterocycles. The topological polar surface area (TPSA) is 37.8 Å². The van der Waals surface area contributed by atoms with E-state index >= 15 is 0 Å². The minimum atomic E-state index is 0.604. The Morgan fingerprint density at radius 1 is 1.44 bits per heavy atom. The number of fused-ring (bicyclic) bond motifs is 1.